The van der Waals surface area contributed by atoms with Gasteiger partial charge in [-0.05, 0) is 46.0 Å². The second kappa shape index (κ2) is 8.30. The first kappa shape index (κ1) is 20.3. The fraction of sp³-hybridized carbons (Fsp3) is 0.500. The van der Waals surface area contributed by atoms with Crippen molar-refractivity contribution < 1.29 is 9.53 Å². The number of rotatable bonds is 8. The van der Waals surface area contributed by atoms with Crippen molar-refractivity contribution in [2.75, 3.05) is 13.2 Å². The largest absolute Gasteiger partial charge is 0.407 e. The van der Waals surface area contributed by atoms with Gasteiger partial charge in [0, 0.05) is 13.2 Å². The lowest BCUT2D eigenvalue weighted by Crippen LogP contribution is -2.66. The van der Waals surface area contributed by atoms with Gasteiger partial charge in [0.15, 0.2) is 0 Å². The molecule has 1 aliphatic rings. The van der Waals surface area contributed by atoms with Crippen LogP contribution in [0.1, 0.15) is 40.5 Å². The zero-order valence-electron chi connectivity index (χ0n) is 17.2. The monoisotopic (exact) mass is 382 g/mol. The average Bonchev–Trinajstić information content (AvgIpc) is 3.45. The highest BCUT2D eigenvalue weighted by molar-refractivity contribution is 6.99. The Labute approximate surface area is 165 Å². The molecule has 0 heterocycles. The normalized spacial score (nSPS) is 21.1. The van der Waals surface area contributed by atoms with E-state index in [2.05, 4.69) is 88.4 Å². The zero-order chi connectivity index (χ0) is 19.5. The maximum atomic E-state index is 9.36. The van der Waals surface area contributed by atoms with Gasteiger partial charge in [0.2, 0.25) is 0 Å². The first-order chi connectivity index (χ1) is 12.9. The van der Waals surface area contributed by atoms with E-state index < -0.39 is 8.32 Å². The molecule has 1 aliphatic carbocycles. The molecule has 0 aromatic heterocycles. The second-order valence-electron chi connectivity index (χ2n) is 9.12. The predicted molar refractivity (Wildman–Crippen MR) is 116 cm³/mol. The molecule has 0 saturated heterocycles. The Morgan fingerprint density at radius 3 is 1.93 bits per heavy atom. The maximum absolute atomic E-state index is 9.36. The Bertz CT molecular complexity index is 669. The summed E-state index contributed by atoms with van der Waals surface area (Å²) in [5, 5.41) is 12.1. The lowest BCUT2D eigenvalue weighted by atomic mass is 10.0. The molecule has 0 aliphatic heterocycles. The molecule has 1 fully saturated rings. The molecular weight excluding hydrogens is 348 g/mol. The van der Waals surface area contributed by atoms with E-state index in [1.807, 2.05) is 0 Å². The molecule has 2 nitrogen and oxygen atoms in total. The Kier molecular flexibility index (Phi) is 6.24. The lowest BCUT2D eigenvalue weighted by molar-refractivity contribution is 0.235. The molecule has 3 heteroatoms. The highest BCUT2D eigenvalue weighted by atomic mass is 28.4. The minimum atomic E-state index is -2.41. The summed E-state index contributed by atoms with van der Waals surface area (Å²) >= 11 is 0. The molecule has 27 heavy (non-hydrogen) atoms. The van der Waals surface area contributed by atoms with Crippen molar-refractivity contribution in [3.05, 3.63) is 60.7 Å². The van der Waals surface area contributed by atoms with Crippen LogP contribution in [0.3, 0.4) is 0 Å². The number of aliphatic hydroxyl groups excluding tert-OH is 1. The van der Waals surface area contributed by atoms with Crippen molar-refractivity contribution in [2.45, 2.75) is 45.6 Å². The molecule has 2 aromatic rings. The standard InChI is InChI=1S/C24H34O2Si/c1-19(23-17-20(23)18-25)15-16-26-27(24(2,3)4,21-11-7-5-8-12-21)22-13-9-6-10-14-22/h5-14,19-20,23,25H,15-18H2,1-4H3/t19-,20+,23+/m1/s1. The van der Waals surface area contributed by atoms with Crippen LogP contribution in [-0.4, -0.2) is 26.6 Å². The average molecular weight is 383 g/mol. The highest BCUT2D eigenvalue weighted by Crippen LogP contribution is 2.45. The molecule has 0 amide bonds. The van der Waals surface area contributed by atoms with Gasteiger partial charge in [0.25, 0.3) is 8.32 Å². The summed E-state index contributed by atoms with van der Waals surface area (Å²) in [6.45, 7) is 10.4. The summed E-state index contributed by atoms with van der Waals surface area (Å²) in [7, 11) is -2.41. The van der Waals surface area contributed by atoms with Crippen LogP contribution in [-0.2, 0) is 4.43 Å². The summed E-state index contributed by atoms with van der Waals surface area (Å²) in [5.41, 5.74) is 0. The fourth-order valence-electron chi connectivity index (χ4n) is 4.55. The van der Waals surface area contributed by atoms with E-state index in [0.717, 1.165) is 13.0 Å². The van der Waals surface area contributed by atoms with E-state index in [4.69, 9.17) is 4.43 Å². The highest BCUT2D eigenvalue weighted by Gasteiger charge is 2.50. The lowest BCUT2D eigenvalue weighted by Gasteiger charge is -2.43. The van der Waals surface area contributed by atoms with Crippen molar-refractivity contribution in [2.24, 2.45) is 17.8 Å². The van der Waals surface area contributed by atoms with Crippen molar-refractivity contribution >= 4 is 18.7 Å². The molecule has 0 spiro atoms. The summed E-state index contributed by atoms with van der Waals surface area (Å²) in [4.78, 5) is 0. The maximum Gasteiger partial charge on any atom is 0.261 e. The molecule has 0 bridgehead atoms. The Morgan fingerprint density at radius 2 is 1.52 bits per heavy atom. The van der Waals surface area contributed by atoms with Crippen molar-refractivity contribution in [3.63, 3.8) is 0 Å². The van der Waals surface area contributed by atoms with E-state index >= 15 is 0 Å². The van der Waals surface area contributed by atoms with Crippen LogP contribution in [0.15, 0.2) is 60.7 Å². The molecule has 1 N–H and O–H groups in total. The third-order valence-electron chi connectivity index (χ3n) is 6.25. The topological polar surface area (TPSA) is 29.5 Å². The minimum absolute atomic E-state index is 0.0339. The number of aliphatic hydroxyl groups is 1. The van der Waals surface area contributed by atoms with E-state index in [1.165, 1.54) is 16.8 Å². The molecular formula is C24H34O2Si. The molecule has 1 saturated carbocycles. The van der Waals surface area contributed by atoms with Gasteiger partial charge in [-0.15, -0.1) is 0 Å². The Balaban J connectivity index is 1.88. The Morgan fingerprint density at radius 1 is 1.00 bits per heavy atom. The molecule has 0 unspecified atom stereocenters. The quantitative estimate of drug-likeness (QED) is 0.693. The summed E-state index contributed by atoms with van der Waals surface area (Å²) in [5.74, 6) is 1.81. The van der Waals surface area contributed by atoms with Gasteiger partial charge in [-0.3, -0.25) is 0 Å². The van der Waals surface area contributed by atoms with E-state index in [0.29, 0.717) is 24.4 Å². The van der Waals surface area contributed by atoms with Crippen LogP contribution in [0.5, 0.6) is 0 Å². The first-order valence-corrected chi connectivity index (χ1v) is 12.2. The minimum Gasteiger partial charge on any atom is -0.407 e. The van der Waals surface area contributed by atoms with Gasteiger partial charge in [0.1, 0.15) is 0 Å². The van der Waals surface area contributed by atoms with Gasteiger partial charge in [-0.1, -0.05) is 88.4 Å². The molecule has 3 rings (SSSR count). The third-order valence-corrected chi connectivity index (χ3v) is 11.3. The van der Waals surface area contributed by atoms with Crippen LogP contribution >= 0.6 is 0 Å². The van der Waals surface area contributed by atoms with Crippen molar-refractivity contribution in [3.8, 4) is 0 Å². The van der Waals surface area contributed by atoms with Crippen LogP contribution in [0, 0.1) is 17.8 Å². The molecule has 146 valence electrons. The Hall–Kier alpha value is -1.42. The first-order valence-electron chi connectivity index (χ1n) is 10.3. The van der Waals surface area contributed by atoms with Gasteiger partial charge in [-0.2, -0.15) is 0 Å². The van der Waals surface area contributed by atoms with Crippen LogP contribution < -0.4 is 10.4 Å². The van der Waals surface area contributed by atoms with Gasteiger partial charge >= 0.3 is 0 Å². The van der Waals surface area contributed by atoms with Crippen LogP contribution in [0.2, 0.25) is 5.04 Å². The van der Waals surface area contributed by atoms with E-state index in [-0.39, 0.29) is 5.04 Å². The fourth-order valence-corrected chi connectivity index (χ4v) is 9.13. The number of benzene rings is 2. The van der Waals surface area contributed by atoms with E-state index in [1.54, 1.807) is 0 Å². The number of hydrogen-bond donors (Lipinski definition) is 1. The second-order valence-corrected chi connectivity index (χ2v) is 13.4. The molecule has 0 radical (unpaired) electrons. The smallest absolute Gasteiger partial charge is 0.261 e. The summed E-state index contributed by atoms with van der Waals surface area (Å²) < 4.78 is 6.96. The summed E-state index contributed by atoms with van der Waals surface area (Å²) in [6.07, 6.45) is 2.24. The molecule has 3 atom stereocenters. The summed E-state index contributed by atoms with van der Waals surface area (Å²) in [6, 6.07) is 21.7. The third kappa shape index (κ3) is 4.21. The van der Waals surface area contributed by atoms with E-state index in [9.17, 15) is 5.11 Å². The van der Waals surface area contributed by atoms with Crippen molar-refractivity contribution in [1.82, 2.24) is 0 Å². The van der Waals surface area contributed by atoms with Gasteiger partial charge in [0.05, 0.1) is 0 Å². The number of hydrogen-bond acceptors (Lipinski definition) is 2. The predicted octanol–water partition coefficient (Wildman–Crippen LogP) is 4.22. The SMILES string of the molecule is C[C@H](CCO[Si](c1ccccc1)(c1ccccc1)C(C)(C)C)[C@@H]1C[C@H]1CO. The van der Waals surface area contributed by atoms with Crippen LogP contribution in [0.25, 0.3) is 0 Å². The van der Waals surface area contributed by atoms with Gasteiger partial charge < -0.3 is 9.53 Å². The van der Waals surface area contributed by atoms with Crippen molar-refractivity contribution in [1.29, 1.82) is 0 Å². The molecule has 2 aromatic carbocycles. The van der Waals surface area contributed by atoms with Crippen LogP contribution in [0.4, 0.5) is 0 Å². The van der Waals surface area contributed by atoms with Gasteiger partial charge in [-0.25, -0.2) is 0 Å². The zero-order valence-corrected chi connectivity index (χ0v) is 18.2.